The van der Waals surface area contributed by atoms with E-state index in [9.17, 15) is 4.79 Å². The van der Waals surface area contributed by atoms with Gasteiger partial charge in [-0.05, 0) is 37.3 Å². The molecule has 18 heavy (non-hydrogen) atoms. The number of anilines is 1. The number of nitrogens with one attached hydrogen (secondary N) is 1. The maximum Gasteiger partial charge on any atom is 0.253 e. The third-order valence-corrected chi connectivity index (χ3v) is 3.80. The minimum atomic E-state index is -0.0346. The van der Waals surface area contributed by atoms with E-state index in [1.54, 1.807) is 12.1 Å². The first-order valence-electron chi connectivity index (χ1n) is 6.82. The Morgan fingerprint density at radius 2 is 2.00 bits per heavy atom. The molecule has 2 unspecified atom stereocenters. The molecule has 0 aliphatic heterocycles. The Morgan fingerprint density at radius 3 is 2.78 bits per heavy atom. The van der Waals surface area contributed by atoms with Crippen molar-refractivity contribution in [1.82, 2.24) is 5.32 Å². The molecule has 1 fully saturated rings. The molecule has 0 spiro atoms. The lowest BCUT2D eigenvalue weighted by atomic mass is 10.0. The molecule has 3 N–H and O–H groups in total. The van der Waals surface area contributed by atoms with Gasteiger partial charge in [0.1, 0.15) is 0 Å². The van der Waals surface area contributed by atoms with Crippen LogP contribution in [0.1, 0.15) is 49.4 Å². The summed E-state index contributed by atoms with van der Waals surface area (Å²) in [5.74, 6) is 0.751. The number of amides is 1. The highest BCUT2D eigenvalue weighted by atomic mass is 16.1. The fourth-order valence-electron chi connectivity index (χ4n) is 2.60. The van der Waals surface area contributed by atoms with E-state index in [4.69, 9.17) is 5.73 Å². The largest absolute Gasteiger partial charge is 0.398 e. The van der Waals surface area contributed by atoms with Crippen LogP contribution in [-0.4, -0.2) is 11.9 Å². The summed E-state index contributed by atoms with van der Waals surface area (Å²) in [5.41, 5.74) is 6.96. The molecular formula is C15H22N2O. The van der Waals surface area contributed by atoms with Gasteiger partial charge in [0.05, 0.1) is 5.56 Å². The molecule has 3 heteroatoms. The van der Waals surface area contributed by atoms with E-state index in [2.05, 4.69) is 12.2 Å². The Bertz CT molecular complexity index is 417. The van der Waals surface area contributed by atoms with Crippen molar-refractivity contribution in [1.29, 1.82) is 0 Å². The molecule has 0 saturated heterocycles. The van der Waals surface area contributed by atoms with Crippen LogP contribution in [0.15, 0.2) is 24.3 Å². The van der Waals surface area contributed by atoms with Gasteiger partial charge in [0, 0.05) is 11.7 Å². The highest BCUT2D eigenvalue weighted by Crippen LogP contribution is 2.23. The second kappa shape index (κ2) is 5.89. The number of nitrogen functional groups attached to an aromatic ring is 1. The number of carbonyl (C=O) groups is 1. The van der Waals surface area contributed by atoms with Crippen molar-refractivity contribution in [3.63, 3.8) is 0 Å². The number of benzene rings is 1. The lowest BCUT2D eigenvalue weighted by Gasteiger charge is -2.17. The third kappa shape index (κ3) is 3.25. The van der Waals surface area contributed by atoms with Gasteiger partial charge >= 0.3 is 0 Å². The fraction of sp³-hybridized carbons (Fsp3) is 0.533. The summed E-state index contributed by atoms with van der Waals surface area (Å²) < 4.78 is 0. The number of hydrogen-bond donors (Lipinski definition) is 2. The van der Waals surface area contributed by atoms with E-state index < -0.39 is 0 Å². The van der Waals surface area contributed by atoms with Crippen LogP contribution in [0, 0.1) is 5.92 Å². The first-order chi connectivity index (χ1) is 8.66. The summed E-state index contributed by atoms with van der Waals surface area (Å²) in [7, 11) is 0. The fourth-order valence-corrected chi connectivity index (χ4v) is 2.60. The second-order valence-electron chi connectivity index (χ2n) is 5.37. The molecule has 0 radical (unpaired) electrons. The predicted molar refractivity (Wildman–Crippen MR) is 74.4 cm³/mol. The molecule has 1 aromatic rings. The monoisotopic (exact) mass is 246 g/mol. The van der Waals surface area contributed by atoms with Crippen molar-refractivity contribution in [2.45, 2.75) is 45.1 Å². The van der Waals surface area contributed by atoms with Crippen LogP contribution >= 0.6 is 0 Å². The van der Waals surface area contributed by atoms with Gasteiger partial charge in [0.2, 0.25) is 0 Å². The molecule has 0 bridgehead atoms. The van der Waals surface area contributed by atoms with E-state index in [1.807, 2.05) is 12.1 Å². The molecule has 2 atom stereocenters. The molecule has 98 valence electrons. The molecular weight excluding hydrogens is 224 g/mol. The van der Waals surface area contributed by atoms with Crippen molar-refractivity contribution in [2.24, 2.45) is 5.92 Å². The Hall–Kier alpha value is -1.51. The average molecular weight is 246 g/mol. The SMILES string of the molecule is CC1CCCC(NC(=O)c2ccccc2N)CC1. The zero-order chi connectivity index (χ0) is 13.0. The third-order valence-electron chi connectivity index (χ3n) is 3.80. The molecule has 2 rings (SSSR count). The lowest BCUT2D eigenvalue weighted by molar-refractivity contribution is 0.0934. The summed E-state index contributed by atoms with van der Waals surface area (Å²) in [4.78, 5) is 12.1. The van der Waals surface area contributed by atoms with Crippen molar-refractivity contribution in [3.8, 4) is 0 Å². The van der Waals surface area contributed by atoms with E-state index in [-0.39, 0.29) is 5.91 Å². The molecule has 0 aromatic heterocycles. The van der Waals surface area contributed by atoms with Crippen LogP contribution in [0.4, 0.5) is 5.69 Å². The van der Waals surface area contributed by atoms with Gasteiger partial charge in [-0.3, -0.25) is 4.79 Å². The van der Waals surface area contributed by atoms with Gasteiger partial charge in [-0.25, -0.2) is 0 Å². The smallest absolute Gasteiger partial charge is 0.253 e. The molecule has 3 nitrogen and oxygen atoms in total. The number of para-hydroxylation sites is 1. The minimum absolute atomic E-state index is 0.0346. The highest BCUT2D eigenvalue weighted by molar-refractivity contribution is 5.99. The topological polar surface area (TPSA) is 55.1 Å². The van der Waals surface area contributed by atoms with Gasteiger partial charge in [-0.2, -0.15) is 0 Å². The first kappa shape index (κ1) is 12.9. The maximum atomic E-state index is 12.1. The Balaban J connectivity index is 1.97. The van der Waals surface area contributed by atoms with Crippen LogP contribution in [0.5, 0.6) is 0 Å². The molecule has 1 amide bonds. The molecule has 0 heterocycles. The van der Waals surface area contributed by atoms with Crippen LogP contribution in [0.2, 0.25) is 0 Å². The highest BCUT2D eigenvalue weighted by Gasteiger charge is 2.19. The Morgan fingerprint density at radius 1 is 1.22 bits per heavy atom. The van der Waals surface area contributed by atoms with Crippen molar-refractivity contribution in [3.05, 3.63) is 29.8 Å². The van der Waals surface area contributed by atoms with E-state index in [0.29, 0.717) is 17.3 Å². The number of carbonyl (C=O) groups excluding carboxylic acids is 1. The molecule has 1 aromatic carbocycles. The van der Waals surface area contributed by atoms with Gasteiger partial charge < -0.3 is 11.1 Å². The minimum Gasteiger partial charge on any atom is -0.398 e. The van der Waals surface area contributed by atoms with Crippen molar-refractivity contribution in [2.75, 3.05) is 5.73 Å². The Kier molecular flexibility index (Phi) is 4.24. The molecule has 1 aliphatic carbocycles. The number of rotatable bonds is 2. The normalized spacial score (nSPS) is 24.3. The summed E-state index contributed by atoms with van der Waals surface area (Å²) in [6.45, 7) is 2.29. The first-order valence-corrected chi connectivity index (χ1v) is 6.82. The summed E-state index contributed by atoms with van der Waals surface area (Å²) in [6, 6.07) is 7.55. The molecule has 1 aliphatic rings. The zero-order valence-corrected chi connectivity index (χ0v) is 11.0. The van der Waals surface area contributed by atoms with Crippen LogP contribution < -0.4 is 11.1 Å². The van der Waals surface area contributed by atoms with Crippen molar-refractivity contribution >= 4 is 11.6 Å². The quantitative estimate of drug-likeness (QED) is 0.622. The van der Waals surface area contributed by atoms with Crippen molar-refractivity contribution < 1.29 is 4.79 Å². The van der Waals surface area contributed by atoms with Gasteiger partial charge in [-0.1, -0.05) is 31.9 Å². The maximum absolute atomic E-state index is 12.1. The van der Waals surface area contributed by atoms with E-state index in [0.717, 1.165) is 18.8 Å². The standard InChI is InChI=1S/C15H22N2O/c1-11-5-4-6-12(10-9-11)17-15(18)13-7-2-3-8-14(13)16/h2-3,7-8,11-12H,4-6,9-10,16H2,1H3,(H,17,18). The zero-order valence-electron chi connectivity index (χ0n) is 11.0. The van der Waals surface area contributed by atoms with E-state index in [1.165, 1.54) is 19.3 Å². The summed E-state index contributed by atoms with van der Waals surface area (Å²) in [6.07, 6.45) is 5.86. The lowest BCUT2D eigenvalue weighted by Crippen LogP contribution is -2.34. The van der Waals surface area contributed by atoms with Crippen LogP contribution in [0.3, 0.4) is 0 Å². The number of hydrogen-bond acceptors (Lipinski definition) is 2. The van der Waals surface area contributed by atoms with Gasteiger partial charge in [-0.15, -0.1) is 0 Å². The van der Waals surface area contributed by atoms with E-state index >= 15 is 0 Å². The Labute approximate surface area is 109 Å². The van der Waals surface area contributed by atoms with Crippen LogP contribution in [-0.2, 0) is 0 Å². The second-order valence-corrected chi connectivity index (χ2v) is 5.37. The molecule has 1 saturated carbocycles. The van der Waals surface area contributed by atoms with Gasteiger partial charge in [0.25, 0.3) is 5.91 Å². The van der Waals surface area contributed by atoms with Crippen LogP contribution in [0.25, 0.3) is 0 Å². The summed E-state index contributed by atoms with van der Waals surface area (Å²) in [5, 5.41) is 3.12. The average Bonchev–Trinajstić information content (AvgIpc) is 2.55. The predicted octanol–water partition coefficient (Wildman–Crippen LogP) is 2.97. The summed E-state index contributed by atoms with van der Waals surface area (Å²) >= 11 is 0. The van der Waals surface area contributed by atoms with Gasteiger partial charge in [0.15, 0.2) is 0 Å². The number of nitrogens with two attached hydrogens (primary N) is 1.